The summed E-state index contributed by atoms with van der Waals surface area (Å²) in [7, 11) is 1.97. The van der Waals surface area contributed by atoms with E-state index in [4.69, 9.17) is 10.5 Å². The topological polar surface area (TPSA) is 53.1 Å². The zero-order valence-electron chi connectivity index (χ0n) is 11.8. The van der Waals surface area contributed by atoms with Gasteiger partial charge < -0.3 is 10.5 Å². The Morgan fingerprint density at radius 3 is 3.05 bits per heavy atom. The van der Waals surface area contributed by atoms with E-state index in [0.29, 0.717) is 0 Å². The molecule has 106 valence electrons. The van der Waals surface area contributed by atoms with E-state index in [0.717, 1.165) is 25.9 Å². The lowest BCUT2D eigenvalue weighted by molar-refractivity contribution is 0.0227. The second kappa shape index (κ2) is 5.77. The number of aryl methyl sites for hydroxylation is 2. The van der Waals surface area contributed by atoms with E-state index in [-0.39, 0.29) is 12.1 Å². The summed E-state index contributed by atoms with van der Waals surface area (Å²) in [6.07, 6.45) is 4.67. The maximum Gasteiger partial charge on any atom is 0.0978 e. The lowest BCUT2D eigenvalue weighted by Gasteiger charge is -2.30. The molecule has 1 aromatic heterocycles. The molecule has 1 aliphatic rings. The van der Waals surface area contributed by atoms with Gasteiger partial charge in [0.1, 0.15) is 0 Å². The monoisotopic (exact) mass is 271 g/mol. The molecule has 1 aliphatic heterocycles. The van der Waals surface area contributed by atoms with Crippen LogP contribution in [0.1, 0.15) is 29.3 Å². The molecule has 20 heavy (non-hydrogen) atoms. The second-order valence-electron chi connectivity index (χ2n) is 5.39. The van der Waals surface area contributed by atoms with Crippen molar-refractivity contribution >= 4 is 0 Å². The standard InChI is InChI=1S/C16H21N3O/c1-19-13(8-10-18-19)6-7-15(17)16-14-5-3-2-4-12(14)9-11-20-16/h2-5,8,10,15-16H,6-7,9,11,17H2,1H3. The van der Waals surface area contributed by atoms with Crippen LogP contribution in [0.15, 0.2) is 36.5 Å². The zero-order valence-corrected chi connectivity index (χ0v) is 11.8. The Kier molecular flexibility index (Phi) is 3.85. The van der Waals surface area contributed by atoms with Gasteiger partial charge in [-0.15, -0.1) is 0 Å². The summed E-state index contributed by atoms with van der Waals surface area (Å²) in [5, 5.41) is 4.19. The summed E-state index contributed by atoms with van der Waals surface area (Å²) >= 11 is 0. The average Bonchev–Trinajstić information content (AvgIpc) is 2.89. The van der Waals surface area contributed by atoms with Gasteiger partial charge in [0.25, 0.3) is 0 Å². The summed E-state index contributed by atoms with van der Waals surface area (Å²) in [6, 6.07) is 10.5. The molecular weight excluding hydrogens is 250 g/mol. The van der Waals surface area contributed by atoms with Crippen LogP contribution in [0.3, 0.4) is 0 Å². The molecule has 0 spiro atoms. The number of benzene rings is 1. The highest BCUT2D eigenvalue weighted by molar-refractivity contribution is 5.31. The molecule has 0 saturated heterocycles. The Hall–Kier alpha value is -1.65. The maximum atomic E-state index is 6.38. The fourth-order valence-corrected chi connectivity index (χ4v) is 2.89. The predicted molar refractivity (Wildman–Crippen MR) is 78.3 cm³/mol. The molecular formula is C16H21N3O. The van der Waals surface area contributed by atoms with Gasteiger partial charge in [-0.2, -0.15) is 5.10 Å². The molecule has 0 fully saturated rings. The van der Waals surface area contributed by atoms with Crippen molar-refractivity contribution < 1.29 is 4.74 Å². The van der Waals surface area contributed by atoms with Gasteiger partial charge in [-0.1, -0.05) is 24.3 Å². The van der Waals surface area contributed by atoms with Crippen LogP contribution in [-0.4, -0.2) is 22.4 Å². The van der Waals surface area contributed by atoms with Crippen molar-refractivity contribution in [1.29, 1.82) is 0 Å². The fourth-order valence-electron chi connectivity index (χ4n) is 2.89. The van der Waals surface area contributed by atoms with Crippen molar-refractivity contribution in [1.82, 2.24) is 9.78 Å². The van der Waals surface area contributed by atoms with Crippen LogP contribution in [0, 0.1) is 0 Å². The zero-order chi connectivity index (χ0) is 13.9. The predicted octanol–water partition coefficient (Wildman–Crippen LogP) is 1.99. The number of rotatable bonds is 4. The molecule has 1 aromatic carbocycles. The van der Waals surface area contributed by atoms with E-state index >= 15 is 0 Å². The van der Waals surface area contributed by atoms with Gasteiger partial charge in [-0.3, -0.25) is 4.68 Å². The largest absolute Gasteiger partial charge is 0.372 e. The van der Waals surface area contributed by atoms with Gasteiger partial charge in [0, 0.05) is 25.0 Å². The Morgan fingerprint density at radius 1 is 1.40 bits per heavy atom. The van der Waals surface area contributed by atoms with Gasteiger partial charge >= 0.3 is 0 Å². The van der Waals surface area contributed by atoms with E-state index in [2.05, 4.69) is 29.4 Å². The first-order chi connectivity index (χ1) is 9.75. The van der Waals surface area contributed by atoms with E-state index < -0.39 is 0 Å². The number of hydrogen-bond donors (Lipinski definition) is 1. The highest BCUT2D eigenvalue weighted by Gasteiger charge is 2.26. The van der Waals surface area contributed by atoms with Crippen molar-refractivity contribution in [2.75, 3.05) is 6.61 Å². The normalized spacial score (nSPS) is 19.6. The Bertz CT molecular complexity index is 579. The first kappa shape index (κ1) is 13.3. The van der Waals surface area contributed by atoms with Crippen molar-refractivity contribution in [3.05, 3.63) is 53.3 Å². The summed E-state index contributed by atoms with van der Waals surface area (Å²) in [5.41, 5.74) is 10.2. The van der Waals surface area contributed by atoms with Crippen LogP contribution in [0.25, 0.3) is 0 Å². The fraction of sp³-hybridized carbons (Fsp3) is 0.438. The van der Waals surface area contributed by atoms with Crippen LogP contribution < -0.4 is 5.73 Å². The van der Waals surface area contributed by atoms with Crippen molar-refractivity contribution in [2.45, 2.75) is 31.4 Å². The van der Waals surface area contributed by atoms with Crippen LogP contribution in [0.5, 0.6) is 0 Å². The average molecular weight is 271 g/mol. The molecule has 4 nitrogen and oxygen atoms in total. The summed E-state index contributed by atoms with van der Waals surface area (Å²) in [6.45, 7) is 0.765. The quantitative estimate of drug-likeness (QED) is 0.925. The molecule has 2 aromatic rings. The minimum absolute atomic E-state index is 0.0198. The van der Waals surface area contributed by atoms with E-state index in [1.165, 1.54) is 16.8 Å². The van der Waals surface area contributed by atoms with E-state index in [1.54, 1.807) is 0 Å². The third-order valence-corrected chi connectivity index (χ3v) is 4.08. The van der Waals surface area contributed by atoms with E-state index in [1.807, 2.05) is 24.0 Å². The minimum atomic E-state index is 0.0198. The second-order valence-corrected chi connectivity index (χ2v) is 5.39. The number of aromatic nitrogens is 2. The van der Waals surface area contributed by atoms with Crippen molar-refractivity contribution in [2.24, 2.45) is 12.8 Å². The van der Waals surface area contributed by atoms with Crippen molar-refractivity contribution in [3.63, 3.8) is 0 Å². The van der Waals surface area contributed by atoms with Gasteiger partial charge in [0.05, 0.1) is 12.7 Å². The molecule has 0 amide bonds. The third kappa shape index (κ3) is 2.62. The highest BCUT2D eigenvalue weighted by Crippen LogP contribution is 2.30. The number of ether oxygens (including phenoxy) is 1. The van der Waals surface area contributed by atoms with Gasteiger partial charge in [-0.05, 0) is 36.5 Å². The minimum Gasteiger partial charge on any atom is -0.372 e. The SMILES string of the molecule is Cn1nccc1CCC(N)C1OCCc2ccccc21. The summed E-state index contributed by atoms with van der Waals surface area (Å²) < 4.78 is 7.82. The molecule has 0 aliphatic carbocycles. The van der Waals surface area contributed by atoms with Gasteiger partial charge in [0.2, 0.25) is 0 Å². The lowest BCUT2D eigenvalue weighted by atomic mass is 9.91. The molecule has 0 saturated carbocycles. The van der Waals surface area contributed by atoms with Crippen LogP contribution in [-0.2, 0) is 24.6 Å². The Balaban J connectivity index is 1.69. The molecule has 2 heterocycles. The number of nitrogens with zero attached hydrogens (tertiary/aromatic N) is 2. The Labute approximate surface area is 119 Å². The first-order valence-electron chi connectivity index (χ1n) is 7.17. The van der Waals surface area contributed by atoms with E-state index in [9.17, 15) is 0 Å². The molecule has 2 N–H and O–H groups in total. The molecule has 3 rings (SSSR count). The molecule has 0 radical (unpaired) electrons. The highest BCUT2D eigenvalue weighted by atomic mass is 16.5. The smallest absolute Gasteiger partial charge is 0.0978 e. The third-order valence-electron chi connectivity index (χ3n) is 4.08. The van der Waals surface area contributed by atoms with Crippen LogP contribution in [0.2, 0.25) is 0 Å². The van der Waals surface area contributed by atoms with Crippen LogP contribution >= 0.6 is 0 Å². The maximum absolute atomic E-state index is 6.38. The molecule has 0 bridgehead atoms. The number of fused-ring (bicyclic) bond motifs is 1. The van der Waals surface area contributed by atoms with Crippen LogP contribution in [0.4, 0.5) is 0 Å². The summed E-state index contributed by atoms with van der Waals surface area (Å²) in [4.78, 5) is 0. The van der Waals surface area contributed by atoms with Crippen molar-refractivity contribution in [3.8, 4) is 0 Å². The van der Waals surface area contributed by atoms with Gasteiger partial charge in [0.15, 0.2) is 0 Å². The van der Waals surface area contributed by atoms with Gasteiger partial charge in [-0.25, -0.2) is 0 Å². The summed E-state index contributed by atoms with van der Waals surface area (Å²) in [5.74, 6) is 0. The molecule has 4 heteroatoms. The molecule has 2 atom stereocenters. The number of hydrogen-bond acceptors (Lipinski definition) is 3. The number of nitrogens with two attached hydrogens (primary N) is 1. The first-order valence-corrected chi connectivity index (χ1v) is 7.17. The lowest BCUT2D eigenvalue weighted by Crippen LogP contribution is -2.34. The molecule has 2 unspecified atom stereocenters. The Morgan fingerprint density at radius 2 is 2.25 bits per heavy atom.